The molecular formula is C14H16N4O2S. The number of aromatic nitrogens is 2. The van der Waals surface area contributed by atoms with Gasteiger partial charge in [0.15, 0.2) is 10.9 Å². The van der Waals surface area contributed by atoms with Gasteiger partial charge in [0.05, 0.1) is 23.6 Å². The number of anilines is 3. The van der Waals surface area contributed by atoms with E-state index in [9.17, 15) is 4.79 Å². The summed E-state index contributed by atoms with van der Waals surface area (Å²) < 4.78 is 4.97. The van der Waals surface area contributed by atoms with Crippen molar-refractivity contribution in [1.82, 2.24) is 9.97 Å². The maximum absolute atomic E-state index is 11.8. The Morgan fingerprint density at radius 2 is 2.38 bits per heavy atom. The summed E-state index contributed by atoms with van der Waals surface area (Å²) >= 11 is 1.51. The number of ether oxygens (including phenoxy) is 1. The summed E-state index contributed by atoms with van der Waals surface area (Å²) in [5.74, 6) is 0.587. The fraction of sp³-hybridized carbons (Fsp3) is 0.357. The van der Waals surface area contributed by atoms with Crippen molar-refractivity contribution in [1.29, 1.82) is 0 Å². The monoisotopic (exact) mass is 304 g/mol. The zero-order chi connectivity index (χ0) is 14.8. The van der Waals surface area contributed by atoms with Crippen LogP contribution in [0.4, 0.5) is 16.6 Å². The van der Waals surface area contributed by atoms with Crippen molar-refractivity contribution in [3.8, 4) is 0 Å². The van der Waals surface area contributed by atoms with E-state index in [2.05, 4.69) is 15.3 Å². The Balaban J connectivity index is 1.80. The van der Waals surface area contributed by atoms with Gasteiger partial charge in [-0.1, -0.05) is 0 Å². The summed E-state index contributed by atoms with van der Waals surface area (Å²) in [5, 5.41) is 5.86. The van der Waals surface area contributed by atoms with Gasteiger partial charge in [-0.15, -0.1) is 11.3 Å². The maximum Gasteiger partial charge on any atom is 0.340 e. The van der Waals surface area contributed by atoms with Gasteiger partial charge in [-0.05, 0) is 25.8 Å². The molecule has 2 aromatic heterocycles. The van der Waals surface area contributed by atoms with Crippen molar-refractivity contribution in [2.24, 2.45) is 0 Å². The Hall–Kier alpha value is -2.15. The summed E-state index contributed by atoms with van der Waals surface area (Å²) in [6.07, 6.45) is 3.95. The molecule has 3 N–H and O–H groups in total. The number of nitrogens with two attached hydrogens (primary N) is 1. The minimum absolute atomic E-state index is 0.277. The van der Waals surface area contributed by atoms with Gasteiger partial charge in [-0.25, -0.2) is 14.8 Å². The second-order valence-corrected chi connectivity index (χ2v) is 5.68. The molecule has 110 valence electrons. The van der Waals surface area contributed by atoms with Gasteiger partial charge in [-0.2, -0.15) is 0 Å². The van der Waals surface area contributed by atoms with E-state index in [0.29, 0.717) is 23.9 Å². The summed E-state index contributed by atoms with van der Waals surface area (Å²) in [5.41, 5.74) is 7.70. The van der Waals surface area contributed by atoms with Crippen LogP contribution in [0.1, 0.15) is 41.7 Å². The first-order chi connectivity index (χ1) is 10.2. The van der Waals surface area contributed by atoms with Gasteiger partial charge in [0.2, 0.25) is 0 Å². The van der Waals surface area contributed by atoms with E-state index in [4.69, 9.17) is 10.5 Å². The van der Waals surface area contributed by atoms with E-state index in [0.717, 1.165) is 10.8 Å². The zero-order valence-corrected chi connectivity index (χ0v) is 12.4. The van der Waals surface area contributed by atoms with Crippen LogP contribution in [-0.2, 0) is 4.74 Å². The quantitative estimate of drug-likeness (QED) is 0.825. The fourth-order valence-corrected chi connectivity index (χ4v) is 2.76. The third-order valence-electron chi connectivity index (χ3n) is 3.23. The van der Waals surface area contributed by atoms with E-state index in [1.54, 1.807) is 13.0 Å². The highest BCUT2D eigenvalue weighted by Gasteiger charge is 2.26. The predicted molar refractivity (Wildman–Crippen MR) is 82.0 cm³/mol. The number of nitrogens with one attached hydrogen (secondary N) is 1. The third kappa shape index (κ3) is 2.97. The maximum atomic E-state index is 11.8. The van der Waals surface area contributed by atoms with Gasteiger partial charge in [0.25, 0.3) is 0 Å². The smallest absolute Gasteiger partial charge is 0.340 e. The SMILES string of the molecule is CCOC(=O)c1ccnc(Nc2nc(C3CC3)cs2)c1N. The number of hydrogen-bond acceptors (Lipinski definition) is 7. The Morgan fingerprint density at radius 1 is 1.57 bits per heavy atom. The molecule has 1 aliphatic rings. The van der Waals surface area contributed by atoms with Crippen molar-refractivity contribution in [3.05, 3.63) is 28.9 Å². The average Bonchev–Trinajstić information content (AvgIpc) is 3.22. The summed E-state index contributed by atoms with van der Waals surface area (Å²) in [6.45, 7) is 2.06. The predicted octanol–water partition coefficient (Wildman–Crippen LogP) is 2.92. The number of thiazole rings is 1. The minimum atomic E-state index is -0.446. The molecule has 0 saturated heterocycles. The lowest BCUT2D eigenvalue weighted by Gasteiger charge is -2.09. The Bertz CT molecular complexity index is 667. The fourth-order valence-electron chi connectivity index (χ4n) is 1.97. The minimum Gasteiger partial charge on any atom is -0.462 e. The molecule has 0 aliphatic heterocycles. The number of nitrogen functional groups attached to an aromatic ring is 1. The van der Waals surface area contributed by atoms with E-state index < -0.39 is 5.97 Å². The molecule has 0 aromatic carbocycles. The highest BCUT2D eigenvalue weighted by atomic mass is 32.1. The number of rotatable bonds is 5. The third-order valence-corrected chi connectivity index (χ3v) is 4.00. The zero-order valence-electron chi connectivity index (χ0n) is 11.6. The number of esters is 1. The standard InChI is InChI=1S/C14H16N4O2S/c1-2-20-13(19)9-5-6-16-12(11(9)15)18-14-17-10(7-21-14)8-3-4-8/h5-8H,2-4,15H2,1H3,(H,16,17,18). The van der Waals surface area contributed by atoms with Crippen LogP contribution in [0.2, 0.25) is 0 Å². The van der Waals surface area contributed by atoms with Crippen molar-refractivity contribution in [3.63, 3.8) is 0 Å². The van der Waals surface area contributed by atoms with Crippen LogP contribution in [-0.4, -0.2) is 22.5 Å². The molecule has 0 bridgehead atoms. The topological polar surface area (TPSA) is 90.1 Å². The van der Waals surface area contributed by atoms with Crippen LogP contribution >= 0.6 is 11.3 Å². The number of nitrogens with zero attached hydrogens (tertiary/aromatic N) is 2. The molecule has 6 nitrogen and oxygen atoms in total. The largest absolute Gasteiger partial charge is 0.462 e. The first-order valence-electron chi connectivity index (χ1n) is 6.83. The molecule has 21 heavy (non-hydrogen) atoms. The van der Waals surface area contributed by atoms with Gasteiger partial charge in [-0.3, -0.25) is 0 Å². The summed E-state index contributed by atoms with van der Waals surface area (Å²) in [4.78, 5) is 20.5. The second-order valence-electron chi connectivity index (χ2n) is 4.82. The van der Waals surface area contributed by atoms with Crippen LogP contribution < -0.4 is 11.1 Å². The van der Waals surface area contributed by atoms with Crippen LogP contribution in [0, 0.1) is 0 Å². The summed E-state index contributed by atoms with van der Waals surface area (Å²) in [7, 11) is 0. The van der Waals surface area contributed by atoms with Crippen molar-refractivity contribution in [2.45, 2.75) is 25.7 Å². The highest BCUT2D eigenvalue weighted by molar-refractivity contribution is 7.13. The van der Waals surface area contributed by atoms with E-state index in [1.165, 1.54) is 30.4 Å². The Morgan fingerprint density at radius 3 is 3.10 bits per heavy atom. The molecule has 2 heterocycles. The highest BCUT2D eigenvalue weighted by Crippen LogP contribution is 2.41. The molecule has 1 saturated carbocycles. The van der Waals surface area contributed by atoms with E-state index >= 15 is 0 Å². The average molecular weight is 304 g/mol. The first kappa shape index (κ1) is 13.8. The molecule has 0 amide bonds. The molecule has 1 aliphatic carbocycles. The number of pyridine rings is 1. The number of carbonyl (C=O) groups is 1. The lowest BCUT2D eigenvalue weighted by Crippen LogP contribution is -2.10. The summed E-state index contributed by atoms with van der Waals surface area (Å²) in [6, 6.07) is 1.55. The molecule has 7 heteroatoms. The molecule has 3 rings (SSSR count). The lowest BCUT2D eigenvalue weighted by atomic mass is 10.2. The van der Waals surface area contributed by atoms with Gasteiger partial charge >= 0.3 is 5.97 Å². The van der Waals surface area contributed by atoms with Gasteiger partial charge < -0.3 is 15.8 Å². The molecule has 0 radical (unpaired) electrons. The Labute approximate surface area is 126 Å². The Kier molecular flexibility index (Phi) is 3.74. The van der Waals surface area contributed by atoms with Crippen LogP contribution in [0.3, 0.4) is 0 Å². The molecule has 0 unspecified atom stereocenters. The number of hydrogen-bond donors (Lipinski definition) is 2. The van der Waals surface area contributed by atoms with Gasteiger partial charge in [0, 0.05) is 17.5 Å². The van der Waals surface area contributed by atoms with Crippen LogP contribution in [0.5, 0.6) is 0 Å². The van der Waals surface area contributed by atoms with Crippen molar-refractivity contribution in [2.75, 3.05) is 17.7 Å². The molecular weight excluding hydrogens is 288 g/mol. The molecule has 1 fully saturated rings. The van der Waals surface area contributed by atoms with Crippen LogP contribution in [0.25, 0.3) is 0 Å². The first-order valence-corrected chi connectivity index (χ1v) is 7.71. The van der Waals surface area contributed by atoms with Crippen LogP contribution in [0.15, 0.2) is 17.6 Å². The molecule has 2 aromatic rings. The van der Waals surface area contributed by atoms with E-state index in [1.807, 2.05) is 5.38 Å². The van der Waals surface area contributed by atoms with Gasteiger partial charge in [0.1, 0.15) is 0 Å². The van der Waals surface area contributed by atoms with Crippen molar-refractivity contribution >= 4 is 33.9 Å². The van der Waals surface area contributed by atoms with Crippen molar-refractivity contribution < 1.29 is 9.53 Å². The second kappa shape index (κ2) is 5.69. The molecule has 0 spiro atoms. The normalized spacial score (nSPS) is 14.0. The molecule has 0 atom stereocenters. The number of carbonyl (C=O) groups excluding carboxylic acids is 1. The lowest BCUT2D eigenvalue weighted by molar-refractivity contribution is 0.0527. The van der Waals surface area contributed by atoms with E-state index in [-0.39, 0.29) is 5.69 Å².